The van der Waals surface area contributed by atoms with Gasteiger partial charge < -0.3 is 14.8 Å². The molecule has 0 saturated carbocycles. The van der Waals surface area contributed by atoms with Gasteiger partial charge in [0.1, 0.15) is 11.3 Å². The number of benzene rings is 1. The first-order valence-electron chi connectivity index (χ1n) is 8.60. The van der Waals surface area contributed by atoms with Crippen molar-refractivity contribution in [2.24, 2.45) is 7.05 Å². The minimum Gasteiger partial charge on any atom is -0.347 e. The van der Waals surface area contributed by atoms with Crippen molar-refractivity contribution >= 4 is 23.0 Å². The van der Waals surface area contributed by atoms with E-state index < -0.39 is 0 Å². The molecule has 0 radical (unpaired) electrons. The number of carbonyl (C=O) groups excluding carboxylic acids is 2. The van der Waals surface area contributed by atoms with Crippen LogP contribution >= 0.6 is 0 Å². The second kappa shape index (κ2) is 6.79. The molecule has 3 heterocycles. The number of hydrogen-bond acceptors (Lipinski definition) is 4. The van der Waals surface area contributed by atoms with Gasteiger partial charge in [0.15, 0.2) is 5.65 Å². The molecule has 27 heavy (non-hydrogen) atoms. The van der Waals surface area contributed by atoms with E-state index >= 15 is 0 Å². The second-order valence-corrected chi connectivity index (χ2v) is 6.70. The van der Waals surface area contributed by atoms with Crippen LogP contribution in [0.15, 0.2) is 42.9 Å². The van der Waals surface area contributed by atoms with Crippen molar-refractivity contribution in [2.45, 2.75) is 19.0 Å². The molecule has 1 fully saturated rings. The van der Waals surface area contributed by atoms with Crippen LogP contribution in [0.1, 0.15) is 22.3 Å². The lowest BCUT2D eigenvalue weighted by atomic mass is 10.2. The lowest BCUT2D eigenvalue weighted by molar-refractivity contribution is -0.128. The van der Waals surface area contributed by atoms with E-state index in [1.165, 1.54) is 18.3 Å². The Morgan fingerprint density at radius 3 is 2.85 bits per heavy atom. The molecule has 1 atom stereocenters. The topological polar surface area (TPSA) is 80.1 Å². The van der Waals surface area contributed by atoms with E-state index in [4.69, 9.17) is 0 Å². The van der Waals surface area contributed by atoms with Gasteiger partial charge in [0, 0.05) is 32.8 Å². The van der Waals surface area contributed by atoms with Gasteiger partial charge in [-0.15, -0.1) is 0 Å². The molecule has 0 unspecified atom stereocenters. The van der Waals surface area contributed by atoms with Crippen LogP contribution in [-0.2, 0) is 18.4 Å². The molecule has 1 N–H and O–H groups in total. The summed E-state index contributed by atoms with van der Waals surface area (Å²) in [6.07, 6.45) is 3.39. The molecule has 2 amide bonds. The van der Waals surface area contributed by atoms with Crippen LogP contribution in [-0.4, -0.2) is 43.8 Å². The number of pyridine rings is 1. The molecule has 0 spiro atoms. The van der Waals surface area contributed by atoms with Crippen LogP contribution in [0.25, 0.3) is 11.2 Å². The zero-order valence-corrected chi connectivity index (χ0v) is 14.7. The SMILES string of the molecule is Cn1cnc2cc(C(=O)N[C@H]3CC(=O)N(Cc4ccc(F)cc4)C3)cnc21. The first-order chi connectivity index (χ1) is 13.0. The number of nitrogens with zero attached hydrogens (tertiary/aromatic N) is 4. The smallest absolute Gasteiger partial charge is 0.253 e. The van der Waals surface area contributed by atoms with E-state index in [0.29, 0.717) is 29.8 Å². The molecule has 2 aromatic heterocycles. The zero-order valence-electron chi connectivity index (χ0n) is 14.7. The van der Waals surface area contributed by atoms with Gasteiger partial charge in [-0.1, -0.05) is 12.1 Å². The number of aromatic nitrogens is 3. The maximum Gasteiger partial charge on any atom is 0.253 e. The third-order valence-electron chi connectivity index (χ3n) is 4.65. The van der Waals surface area contributed by atoms with Crippen molar-refractivity contribution in [3.8, 4) is 0 Å². The van der Waals surface area contributed by atoms with E-state index in [1.54, 1.807) is 34.0 Å². The molecule has 1 saturated heterocycles. The Hall–Kier alpha value is -3.29. The molecule has 0 aliphatic carbocycles. The predicted octanol–water partition coefficient (Wildman–Crippen LogP) is 1.64. The van der Waals surface area contributed by atoms with Crippen LogP contribution in [0.5, 0.6) is 0 Å². The number of halogens is 1. The molecule has 8 heteroatoms. The first-order valence-corrected chi connectivity index (χ1v) is 8.60. The third kappa shape index (κ3) is 3.51. The summed E-state index contributed by atoms with van der Waals surface area (Å²) in [7, 11) is 1.84. The number of rotatable bonds is 4. The van der Waals surface area contributed by atoms with Gasteiger partial charge in [0.25, 0.3) is 5.91 Å². The highest BCUT2D eigenvalue weighted by molar-refractivity contribution is 5.97. The van der Waals surface area contributed by atoms with Crippen molar-refractivity contribution in [2.75, 3.05) is 6.54 Å². The zero-order chi connectivity index (χ0) is 19.0. The Morgan fingerprint density at radius 2 is 2.07 bits per heavy atom. The van der Waals surface area contributed by atoms with Gasteiger partial charge in [0.05, 0.1) is 17.9 Å². The van der Waals surface area contributed by atoms with Gasteiger partial charge in [-0.2, -0.15) is 0 Å². The summed E-state index contributed by atoms with van der Waals surface area (Å²) in [5, 5.41) is 2.89. The Labute approximate surface area is 154 Å². The van der Waals surface area contributed by atoms with Crippen LogP contribution in [0.3, 0.4) is 0 Å². The monoisotopic (exact) mass is 367 g/mol. The Morgan fingerprint density at radius 1 is 1.30 bits per heavy atom. The standard InChI is InChI=1S/C19H18FN5O2/c1-24-11-22-16-6-13(8-21-18(16)24)19(27)23-15-7-17(26)25(10-15)9-12-2-4-14(20)5-3-12/h2-6,8,11,15H,7,9-10H2,1H3,(H,23,27)/t15-/m0/s1. The molecule has 1 aromatic carbocycles. The van der Waals surface area contributed by atoms with Gasteiger partial charge in [-0.3, -0.25) is 9.59 Å². The van der Waals surface area contributed by atoms with Crippen LogP contribution in [0.2, 0.25) is 0 Å². The number of nitrogens with one attached hydrogen (secondary N) is 1. The third-order valence-corrected chi connectivity index (χ3v) is 4.65. The maximum atomic E-state index is 13.0. The quantitative estimate of drug-likeness (QED) is 0.760. The van der Waals surface area contributed by atoms with E-state index in [2.05, 4.69) is 15.3 Å². The molecule has 138 valence electrons. The fourth-order valence-corrected chi connectivity index (χ4v) is 3.24. The number of carbonyl (C=O) groups is 2. The van der Waals surface area contributed by atoms with Gasteiger partial charge in [-0.05, 0) is 23.8 Å². The summed E-state index contributed by atoms with van der Waals surface area (Å²) in [6.45, 7) is 0.814. The summed E-state index contributed by atoms with van der Waals surface area (Å²) >= 11 is 0. The van der Waals surface area contributed by atoms with E-state index in [-0.39, 0.29) is 30.1 Å². The van der Waals surface area contributed by atoms with E-state index in [1.807, 2.05) is 7.05 Å². The highest BCUT2D eigenvalue weighted by atomic mass is 19.1. The highest BCUT2D eigenvalue weighted by Gasteiger charge is 2.30. The number of imidazole rings is 1. The maximum absolute atomic E-state index is 13.0. The fraction of sp³-hybridized carbons (Fsp3) is 0.263. The Balaban J connectivity index is 1.41. The van der Waals surface area contributed by atoms with Crippen molar-refractivity contribution in [1.82, 2.24) is 24.8 Å². The molecule has 1 aliphatic rings. The summed E-state index contributed by atoms with van der Waals surface area (Å²) in [5.41, 5.74) is 2.60. The lowest BCUT2D eigenvalue weighted by Crippen LogP contribution is -2.37. The molecule has 4 rings (SSSR count). The summed E-state index contributed by atoms with van der Waals surface area (Å²) < 4.78 is 14.8. The van der Waals surface area contributed by atoms with Crippen molar-refractivity contribution in [1.29, 1.82) is 0 Å². The van der Waals surface area contributed by atoms with Gasteiger partial charge in [0.2, 0.25) is 5.91 Å². The largest absolute Gasteiger partial charge is 0.347 e. The molecular formula is C19H18FN5O2. The predicted molar refractivity (Wildman–Crippen MR) is 96.2 cm³/mol. The lowest BCUT2D eigenvalue weighted by Gasteiger charge is -2.17. The van der Waals surface area contributed by atoms with Crippen LogP contribution in [0, 0.1) is 5.82 Å². The normalized spacial score (nSPS) is 16.9. The first kappa shape index (κ1) is 17.1. The molecule has 1 aliphatic heterocycles. The van der Waals surface area contributed by atoms with Crippen molar-refractivity contribution in [3.05, 3.63) is 59.8 Å². The minimum absolute atomic E-state index is 0.0390. The number of aryl methyl sites for hydroxylation is 1. The highest BCUT2D eigenvalue weighted by Crippen LogP contribution is 2.17. The number of likely N-dealkylation sites (tertiary alicyclic amines) is 1. The van der Waals surface area contributed by atoms with E-state index in [0.717, 1.165) is 5.56 Å². The number of amides is 2. The van der Waals surface area contributed by atoms with Crippen molar-refractivity contribution < 1.29 is 14.0 Å². The molecule has 7 nitrogen and oxygen atoms in total. The summed E-state index contributed by atoms with van der Waals surface area (Å²) in [5.74, 6) is -0.630. The summed E-state index contributed by atoms with van der Waals surface area (Å²) in [6, 6.07) is 7.46. The number of fused-ring (bicyclic) bond motifs is 1. The molecular weight excluding hydrogens is 349 g/mol. The van der Waals surface area contributed by atoms with Crippen LogP contribution < -0.4 is 5.32 Å². The van der Waals surface area contributed by atoms with Gasteiger partial charge >= 0.3 is 0 Å². The fourth-order valence-electron chi connectivity index (χ4n) is 3.24. The van der Waals surface area contributed by atoms with Crippen LogP contribution in [0.4, 0.5) is 4.39 Å². The average molecular weight is 367 g/mol. The minimum atomic E-state index is -0.310. The second-order valence-electron chi connectivity index (χ2n) is 6.70. The summed E-state index contributed by atoms with van der Waals surface area (Å²) in [4.78, 5) is 34.9. The molecule has 3 aromatic rings. The van der Waals surface area contributed by atoms with E-state index in [9.17, 15) is 14.0 Å². The van der Waals surface area contributed by atoms with Gasteiger partial charge in [-0.25, -0.2) is 14.4 Å². The van der Waals surface area contributed by atoms with Crippen molar-refractivity contribution in [3.63, 3.8) is 0 Å². The average Bonchev–Trinajstić information content (AvgIpc) is 3.19. The number of hydrogen-bond donors (Lipinski definition) is 1. The molecule has 0 bridgehead atoms. The Kier molecular flexibility index (Phi) is 4.31. The Bertz CT molecular complexity index is 1010.